The van der Waals surface area contributed by atoms with Gasteiger partial charge in [0.25, 0.3) is 0 Å². The van der Waals surface area contributed by atoms with E-state index in [1.54, 1.807) is 14.2 Å². The van der Waals surface area contributed by atoms with Crippen LogP contribution in [0.25, 0.3) is 0 Å². The lowest BCUT2D eigenvalue weighted by Gasteiger charge is -2.36. The van der Waals surface area contributed by atoms with Crippen LogP contribution in [0.3, 0.4) is 0 Å². The normalized spacial score (nSPS) is 23.0. The van der Waals surface area contributed by atoms with E-state index < -0.39 is 0 Å². The monoisotopic (exact) mass is 293 g/mol. The molecule has 0 amide bonds. The molecular formula is C17H27NO3. The molecule has 0 saturated carbocycles. The van der Waals surface area contributed by atoms with Crippen molar-refractivity contribution in [3.05, 3.63) is 23.8 Å². The first-order chi connectivity index (χ1) is 10.2. The third-order valence-corrected chi connectivity index (χ3v) is 4.21. The van der Waals surface area contributed by atoms with Crippen LogP contribution in [0, 0.1) is 0 Å². The van der Waals surface area contributed by atoms with Crippen LogP contribution in [0.5, 0.6) is 11.5 Å². The summed E-state index contributed by atoms with van der Waals surface area (Å²) in [5, 5.41) is 3.63. The maximum atomic E-state index is 6.08. The molecule has 1 fully saturated rings. The fourth-order valence-corrected chi connectivity index (χ4v) is 3.10. The van der Waals surface area contributed by atoms with Gasteiger partial charge in [0, 0.05) is 6.61 Å². The number of rotatable bonds is 7. The molecule has 0 spiro atoms. The standard InChI is InChI=1S/C17H27NO3/c1-5-11-18-16(17(2)10-7-12-21-17)15-13(19-3)8-6-9-14(15)20-4/h6,8-9,16,18H,5,7,10-12H2,1-4H3. The first kappa shape index (κ1) is 16.1. The molecule has 21 heavy (non-hydrogen) atoms. The van der Waals surface area contributed by atoms with Crippen molar-refractivity contribution in [3.63, 3.8) is 0 Å². The highest BCUT2D eigenvalue weighted by Gasteiger charge is 2.41. The fourth-order valence-electron chi connectivity index (χ4n) is 3.10. The fraction of sp³-hybridized carbons (Fsp3) is 0.647. The van der Waals surface area contributed by atoms with E-state index in [1.807, 2.05) is 18.2 Å². The van der Waals surface area contributed by atoms with Crippen molar-refractivity contribution >= 4 is 0 Å². The predicted molar refractivity (Wildman–Crippen MR) is 84.2 cm³/mol. The number of benzene rings is 1. The molecule has 2 unspecified atom stereocenters. The lowest BCUT2D eigenvalue weighted by molar-refractivity contribution is -0.0136. The van der Waals surface area contributed by atoms with Crippen molar-refractivity contribution in [2.75, 3.05) is 27.4 Å². The number of ether oxygens (including phenoxy) is 3. The van der Waals surface area contributed by atoms with E-state index in [0.717, 1.165) is 49.5 Å². The van der Waals surface area contributed by atoms with Gasteiger partial charge in [0.2, 0.25) is 0 Å². The van der Waals surface area contributed by atoms with Crippen molar-refractivity contribution < 1.29 is 14.2 Å². The van der Waals surface area contributed by atoms with Gasteiger partial charge in [0.1, 0.15) is 11.5 Å². The van der Waals surface area contributed by atoms with E-state index in [0.29, 0.717) is 0 Å². The molecule has 2 atom stereocenters. The number of hydrogen-bond acceptors (Lipinski definition) is 4. The van der Waals surface area contributed by atoms with Gasteiger partial charge in [-0.15, -0.1) is 0 Å². The van der Waals surface area contributed by atoms with Gasteiger partial charge in [-0.1, -0.05) is 13.0 Å². The third kappa shape index (κ3) is 3.33. The SMILES string of the molecule is CCCNC(c1c(OC)cccc1OC)C1(C)CCCO1. The van der Waals surface area contributed by atoms with Crippen LogP contribution in [0.2, 0.25) is 0 Å². The van der Waals surface area contributed by atoms with Crippen molar-refractivity contribution in [2.24, 2.45) is 0 Å². The van der Waals surface area contributed by atoms with Crippen LogP contribution in [0.4, 0.5) is 0 Å². The Labute approximate surface area is 127 Å². The molecule has 118 valence electrons. The van der Waals surface area contributed by atoms with Crippen molar-refractivity contribution in [1.82, 2.24) is 5.32 Å². The van der Waals surface area contributed by atoms with Gasteiger partial charge in [-0.2, -0.15) is 0 Å². The van der Waals surface area contributed by atoms with Gasteiger partial charge >= 0.3 is 0 Å². The minimum atomic E-state index is -0.225. The first-order valence-corrected chi connectivity index (χ1v) is 7.74. The molecule has 1 heterocycles. The summed E-state index contributed by atoms with van der Waals surface area (Å²) in [4.78, 5) is 0. The minimum Gasteiger partial charge on any atom is -0.496 e. The van der Waals surface area contributed by atoms with Gasteiger partial charge in [-0.3, -0.25) is 0 Å². The molecule has 0 radical (unpaired) electrons. The Morgan fingerprint density at radius 2 is 1.95 bits per heavy atom. The Balaban J connectivity index is 2.44. The largest absolute Gasteiger partial charge is 0.496 e. The smallest absolute Gasteiger partial charge is 0.127 e. The van der Waals surface area contributed by atoms with E-state index in [-0.39, 0.29) is 11.6 Å². The maximum Gasteiger partial charge on any atom is 0.127 e. The molecule has 1 saturated heterocycles. The Morgan fingerprint density at radius 3 is 2.43 bits per heavy atom. The molecule has 2 rings (SSSR count). The molecule has 0 aromatic heterocycles. The molecule has 0 bridgehead atoms. The van der Waals surface area contributed by atoms with Crippen molar-refractivity contribution in [2.45, 2.75) is 44.8 Å². The van der Waals surface area contributed by atoms with Crippen molar-refractivity contribution in [3.8, 4) is 11.5 Å². The molecule has 4 nitrogen and oxygen atoms in total. The Kier molecular flexibility index (Phi) is 5.48. The van der Waals surface area contributed by atoms with Crippen molar-refractivity contribution in [1.29, 1.82) is 0 Å². The highest BCUT2D eigenvalue weighted by Crippen LogP contribution is 2.44. The van der Waals surface area contributed by atoms with Gasteiger partial charge in [0.15, 0.2) is 0 Å². The molecule has 1 aromatic carbocycles. The second-order valence-electron chi connectivity index (χ2n) is 5.73. The third-order valence-electron chi connectivity index (χ3n) is 4.21. The summed E-state index contributed by atoms with van der Waals surface area (Å²) in [5.41, 5.74) is 0.831. The van der Waals surface area contributed by atoms with E-state index >= 15 is 0 Å². The number of nitrogens with one attached hydrogen (secondary N) is 1. The second-order valence-corrected chi connectivity index (χ2v) is 5.73. The Hall–Kier alpha value is -1.26. The molecule has 1 aromatic rings. The minimum absolute atomic E-state index is 0.0612. The van der Waals surface area contributed by atoms with Crippen LogP contribution in [-0.4, -0.2) is 33.0 Å². The van der Waals surface area contributed by atoms with Crippen LogP contribution in [-0.2, 0) is 4.74 Å². The zero-order valence-corrected chi connectivity index (χ0v) is 13.6. The Bertz CT molecular complexity index is 433. The molecule has 1 aliphatic heterocycles. The average Bonchev–Trinajstić information content (AvgIpc) is 2.95. The van der Waals surface area contributed by atoms with Crippen LogP contribution in [0.1, 0.15) is 44.7 Å². The second kappa shape index (κ2) is 7.14. The van der Waals surface area contributed by atoms with Gasteiger partial charge < -0.3 is 19.5 Å². The lowest BCUT2D eigenvalue weighted by Crippen LogP contribution is -2.42. The summed E-state index contributed by atoms with van der Waals surface area (Å²) >= 11 is 0. The molecule has 0 aliphatic carbocycles. The Morgan fingerprint density at radius 1 is 1.29 bits per heavy atom. The topological polar surface area (TPSA) is 39.7 Å². The zero-order chi connectivity index (χ0) is 15.3. The summed E-state index contributed by atoms with van der Waals surface area (Å²) in [7, 11) is 3.40. The quantitative estimate of drug-likeness (QED) is 0.837. The molecular weight excluding hydrogens is 266 g/mol. The summed E-state index contributed by atoms with van der Waals surface area (Å²) in [5.74, 6) is 1.69. The van der Waals surface area contributed by atoms with E-state index in [1.165, 1.54) is 0 Å². The summed E-state index contributed by atoms with van der Waals surface area (Å²) < 4.78 is 17.2. The van der Waals surface area contributed by atoms with E-state index in [9.17, 15) is 0 Å². The highest BCUT2D eigenvalue weighted by molar-refractivity contribution is 5.48. The van der Waals surface area contributed by atoms with E-state index in [4.69, 9.17) is 14.2 Å². The van der Waals surface area contributed by atoms with Crippen LogP contribution >= 0.6 is 0 Å². The summed E-state index contributed by atoms with van der Waals surface area (Å²) in [6.07, 6.45) is 3.21. The zero-order valence-electron chi connectivity index (χ0n) is 13.6. The van der Waals surface area contributed by atoms with Gasteiger partial charge in [-0.05, 0) is 44.9 Å². The summed E-state index contributed by atoms with van der Waals surface area (Å²) in [6, 6.07) is 5.98. The number of methoxy groups -OCH3 is 2. The number of hydrogen-bond donors (Lipinski definition) is 1. The molecule has 1 aliphatic rings. The first-order valence-electron chi connectivity index (χ1n) is 7.74. The lowest BCUT2D eigenvalue weighted by atomic mass is 9.86. The van der Waals surface area contributed by atoms with E-state index in [2.05, 4.69) is 19.2 Å². The average molecular weight is 293 g/mol. The van der Waals surface area contributed by atoms with Crippen LogP contribution < -0.4 is 14.8 Å². The maximum absolute atomic E-state index is 6.08. The molecule has 1 N–H and O–H groups in total. The molecule has 4 heteroatoms. The van der Waals surface area contributed by atoms with Crippen LogP contribution in [0.15, 0.2) is 18.2 Å². The highest BCUT2D eigenvalue weighted by atomic mass is 16.5. The van der Waals surface area contributed by atoms with Gasteiger partial charge in [-0.25, -0.2) is 0 Å². The summed E-state index contributed by atoms with van der Waals surface area (Å²) in [6.45, 7) is 6.10. The predicted octanol–water partition coefficient (Wildman–Crippen LogP) is 3.31. The van der Waals surface area contributed by atoms with Gasteiger partial charge in [0.05, 0.1) is 31.4 Å².